The molecule has 3 aromatic heterocycles. The molecule has 4 rings (SSSR count). The number of aromatic nitrogens is 3. The zero-order valence-corrected chi connectivity index (χ0v) is 13.1. The number of rotatable bonds is 3. The van der Waals surface area contributed by atoms with Crippen molar-refractivity contribution in [3.63, 3.8) is 0 Å². The molecule has 112 valence electrons. The van der Waals surface area contributed by atoms with Crippen LogP contribution in [0.2, 0.25) is 0 Å². The van der Waals surface area contributed by atoms with E-state index in [0.29, 0.717) is 0 Å². The molecule has 0 saturated heterocycles. The summed E-state index contributed by atoms with van der Waals surface area (Å²) in [7, 11) is 0. The average molecular weight is 312 g/mol. The Morgan fingerprint density at radius 1 is 1.41 bits per heavy atom. The Morgan fingerprint density at radius 3 is 3.14 bits per heavy atom. The number of hydrogen-bond acceptors (Lipinski definition) is 6. The molecule has 0 bridgehead atoms. The van der Waals surface area contributed by atoms with E-state index in [9.17, 15) is 0 Å². The van der Waals surface area contributed by atoms with Gasteiger partial charge in [-0.1, -0.05) is 11.2 Å². The van der Waals surface area contributed by atoms with Crippen molar-refractivity contribution >= 4 is 11.3 Å². The third-order valence-corrected chi connectivity index (χ3v) is 4.69. The smallest absolute Gasteiger partial charge is 0.169 e. The molecule has 1 aliphatic heterocycles. The van der Waals surface area contributed by atoms with Gasteiger partial charge < -0.3 is 4.52 Å². The molecule has 4 heterocycles. The highest BCUT2D eigenvalue weighted by atomic mass is 32.1. The molecule has 3 aromatic rings. The molecule has 0 unspecified atom stereocenters. The minimum Gasteiger partial charge on any atom is -0.361 e. The Labute approximate surface area is 132 Å². The summed E-state index contributed by atoms with van der Waals surface area (Å²) in [6.45, 7) is 4.56. The quantitative estimate of drug-likeness (QED) is 0.744. The molecule has 0 atom stereocenters. The van der Waals surface area contributed by atoms with E-state index in [-0.39, 0.29) is 0 Å². The van der Waals surface area contributed by atoms with Crippen molar-refractivity contribution in [1.82, 2.24) is 20.0 Å². The van der Waals surface area contributed by atoms with Crippen molar-refractivity contribution in [2.24, 2.45) is 0 Å². The maximum atomic E-state index is 5.14. The predicted molar refractivity (Wildman–Crippen MR) is 84.4 cm³/mol. The number of thiophene rings is 1. The van der Waals surface area contributed by atoms with Crippen LogP contribution in [0.1, 0.15) is 22.7 Å². The number of nitrogens with zero attached hydrogens (tertiary/aromatic N) is 4. The lowest BCUT2D eigenvalue weighted by atomic mass is 10.1. The lowest BCUT2D eigenvalue weighted by Crippen LogP contribution is -2.31. The minimum atomic E-state index is 0.801. The highest BCUT2D eigenvalue weighted by Gasteiger charge is 2.20. The number of aryl methyl sites for hydroxylation is 1. The molecule has 6 heteroatoms. The molecule has 0 aromatic carbocycles. The van der Waals surface area contributed by atoms with Gasteiger partial charge in [-0.3, -0.25) is 4.90 Å². The topological polar surface area (TPSA) is 55.1 Å². The fraction of sp³-hybridized carbons (Fsp3) is 0.312. The molecule has 0 spiro atoms. The van der Waals surface area contributed by atoms with E-state index in [1.807, 2.05) is 25.3 Å². The summed E-state index contributed by atoms with van der Waals surface area (Å²) in [5.41, 5.74) is 3.37. The highest BCUT2D eigenvalue weighted by Crippen LogP contribution is 2.24. The summed E-state index contributed by atoms with van der Waals surface area (Å²) < 4.78 is 5.14. The Bertz CT molecular complexity index is 781. The van der Waals surface area contributed by atoms with Gasteiger partial charge in [-0.2, -0.15) is 0 Å². The second kappa shape index (κ2) is 5.62. The zero-order valence-electron chi connectivity index (χ0n) is 12.3. The summed E-state index contributed by atoms with van der Waals surface area (Å²) in [6, 6.07) is 6.08. The van der Waals surface area contributed by atoms with Crippen LogP contribution in [0, 0.1) is 6.92 Å². The third-order valence-electron chi connectivity index (χ3n) is 3.83. The van der Waals surface area contributed by atoms with Gasteiger partial charge in [0.2, 0.25) is 0 Å². The van der Waals surface area contributed by atoms with Gasteiger partial charge in [0.05, 0.1) is 16.3 Å². The minimum absolute atomic E-state index is 0.801. The van der Waals surface area contributed by atoms with Crippen molar-refractivity contribution in [2.75, 3.05) is 6.54 Å². The molecule has 0 saturated carbocycles. The summed E-state index contributed by atoms with van der Waals surface area (Å²) in [5.74, 6) is 1.68. The lowest BCUT2D eigenvalue weighted by molar-refractivity contribution is 0.233. The van der Waals surface area contributed by atoms with Crippen molar-refractivity contribution in [1.29, 1.82) is 0 Å². The molecule has 22 heavy (non-hydrogen) atoms. The largest absolute Gasteiger partial charge is 0.361 e. The van der Waals surface area contributed by atoms with Crippen LogP contribution >= 0.6 is 11.3 Å². The van der Waals surface area contributed by atoms with Gasteiger partial charge in [-0.25, -0.2) is 9.97 Å². The van der Waals surface area contributed by atoms with Crippen LogP contribution in [0.5, 0.6) is 0 Å². The molecule has 0 amide bonds. The van der Waals surface area contributed by atoms with E-state index < -0.39 is 0 Å². The lowest BCUT2D eigenvalue weighted by Gasteiger charge is -2.27. The summed E-state index contributed by atoms with van der Waals surface area (Å²) >= 11 is 1.67. The van der Waals surface area contributed by atoms with Gasteiger partial charge in [0.15, 0.2) is 5.82 Å². The van der Waals surface area contributed by atoms with Gasteiger partial charge in [-0.15, -0.1) is 11.3 Å². The maximum Gasteiger partial charge on any atom is 0.169 e. The second-order valence-electron chi connectivity index (χ2n) is 5.53. The monoisotopic (exact) mass is 312 g/mol. The molecule has 1 aliphatic rings. The molecule has 0 N–H and O–H groups in total. The Morgan fingerprint density at radius 2 is 2.36 bits per heavy atom. The van der Waals surface area contributed by atoms with Gasteiger partial charge >= 0.3 is 0 Å². The first-order valence-electron chi connectivity index (χ1n) is 7.31. The standard InChI is InChI=1S/C16H16N4OS/c1-11-7-13(19-21-11)9-20-5-4-12-8-17-16(18-14(12)10-20)15-3-2-6-22-15/h2-3,6-8H,4-5,9-10H2,1H3. The fourth-order valence-corrected chi connectivity index (χ4v) is 3.40. The number of hydrogen-bond donors (Lipinski definition) is 0. The fourth-order valence-electron chi connectivity index (χ4n) is 2.74. The van der Waals surface area contributed by atoms with Crippen LogP contribution in [0.4, 0.5) is 0 Å². The maximum absolute atomic E-state index is 5.14. The van der Waals surface area contributed by atoms with Crippen molar-refractivity contribution < 1.29 is 4.52 Å². The second-order valence-corrected chi connectivity index (χ2v) is 6.48. The van der Waals surface area contributed by atoms with Crippen LogP contribution in [0.15, 0.2) is 34.3 Å². The van der Waals surface area contributed by atoms with Gasteiger partial charge in [0, 0.05) is 31.9 Å². The van der Waals surface area contributed by atoms with E-state index >= 15 is 0 Å². The zero-order chi connectivity index (χ0) is 14.9. The van der Waals surface area contributed by atoms with Crippen molar-refractivity contribution in [3.8, 4) is 10.7 Å². The van der Waals surface area contributed by atoms with Gasteiger partial charge in [0.1, 0.15) is 5.76 Å². The normalized spacial score (nSPS) is 15.0. The van der Waals surface area contributed by atoms with Crippen molar-refractivity contribution in [2.45, 2.75) is 26.4 Å². The summed E-state index contributed by atoms with van der Waals surface area (Å²) in [4.78, 5) is 12.7. The van der Waals surface area contributed by atoms with Gasteiger partial charge in [0.25, 0.3) is 0 Å². The van der Waals surface area contributed by atoms with Crippen LogP contribution in [0.25, 0.3) is 10.7 Å². The highest BCUT2D eigenvalue weighted by molar-refractivity contribution is 7.13. The van der Waals surface area contributed by atoms with E-state index in [0.717, 1.165) is 53.9 Å². The van der Waals surface area contributed by atoms with Crippen LogP contribution in [0.3, 0.4) is 0 Å². The van der Waals surface area contributed by atoms with E-state index in [1.54, 1.807) is 11.3 Å². The Balaban J connectivity index is 1.55. The first-order valence-corrected chi connectivity index (χ1v) is 8.19. The third kappa shape index (κ3) is 2.67. The SMILES string of the molecule is Cc1cc(CN2CCc3cnc(-c4cccs4)nc3C2)no1. The molecular formula is C16H16N4OS. The predicted octanol–water partition coefficient (Wildman–Crippen LogP) is 3.06. The molecule has 0 aliphatic carbocycles. The summed E-state index contributed by atoms with van der Waals surface area (Å²) in [6.07, 6.45) is 2.96. The van der Waals surface area contributed by atoms with E-state index in [1.165, 1.54) is 5.56 Å². The van der Waals surface area contributed by atoms with Crippen LogP contribution < -0.4 is 0 Å². The van der Waals surface area contributed by atoms with Crippen molar-refractivity contribution in [3.05, 3.63) is 52.5 Å². The summed E-state index contributed by atoms with van der Waals surface area (Å²) in [5, 5.41) is 6.13. The first kappa shape index (κ1) is 13.6. The van der Waals surface area contributed by atoms with E-state index in [2.05, 4.69) is 26.5 Å². The molecular weight excluding hydrogens is 296 g/mol. The Kier molecular flexibility index (Phi) is 3.48. The molecule has 5 nitrogen and oxygen atoms in total. The first-order chi connectivity index (χ1) is 10.8. The van der Waals surface area contributed by atoms with E-state index in [4.69, 9.17) is 9.51 Å². The molecule has 0 radical (unpaired) electrons. The number of fused-ring (bicyclic) bond motifs is 1. The Hall–Kier alpha value is -2.05. The van der Waals surface area contributed by atoms with Crippen LogP contribution in [-0.2, 0) is 19.5 Å². The molecule has 0 fully saturated rings. The van der Waals surface area contributed by atoms with Gasteiger partial charge in [-0.05, 0) is 30.4 Å². The average Bonchev–Trinajstić information content (AvgIpc) is 3.18. The van der Waals surface area contributed by atoms with Crippen LogP contribution in [-0.4, -0.2) is 26.6 Å².